The van der Waals surface area contributed by atoms with Gasteiger partial charge in [0, 0.05) is 13.1 Å². The van der Waals surface area contributed by atoms with Gasteiger partial charge < -0.3 is 9.84 Å². The number of benzene rings is 1. The number of β-amino-alcohol motifs (C(OH)–C–C–N with tert-alkyl or cyclic N) is 1. The fourth-order valence-electron chi connectivity index (χ4n) is 1.92. The van der Waals surface area contributed by atoms with Gasteiger partial charge in [0.05, 0.1) is 13.2 Å². The van der Waals surface area contributed by atoms with Crippen LogP contribution in [0.4, 0.5) is 0 Å². The van der Waals surface area contributed by atoms with Gasteiger partial charge in [-0.3, -0.25) is 4.90 Å². The fourth-order valence-corrected chi connectivity index (χ4v) is 1.92. The van der Waals surface area contributed by atoms with E-state index in [-0.39, 0.29) is 6.10 Å². The topological polar surface area (TPSA) is 32.7 Å². The van der Waals surface area contributed by atoms with E-state index in [2.05, 4.69) is 4.90 Å². The van der Waals surface area contributed by atoms with Crippen molar-refractivity contribution in [3.8, 4) is 5.75 Å². The first-order chi connectivity index (χ1) is 6.70. The molecular weight excluding hydrogens is 178 g/mol. The Hall–Kier alpha value is -1.06. The van der Waals surface area contributed by atoms with Crippen molar-refractivity contribution in [1.82, 2.24) is 4.90 Å². The molecule has 1 atom stereocenters. The Balaban J connectivity index is 2.39. The maximum absolute atomic E-state index is 9.81. The minimum atomic E-state index is -0.366. The number of fused-ring (bicyclic) bond motifs is 1. The van der Waals surface area contributed by atoms with Gasteiger partial charge in [-0.1, -0.05) is 6.07 Å². The van der Waals surface area contributed by atoms with Gasteiger partial charge in [0.15, 0.2) is 0 Å². The molecule has 0 spiro atoms. The van der Waals surface area contributed by atoms with Crippen LogP contribution in [0, 0.1) is 0 Å². The van der Waals surface area contributed by atoms with Gasteiger partial charge in [-0.25, -0.2) is 0 Å². The Kier molecular flexibility index (Phi) is 2.44. The van der Waals surface area contributed by atoms with E-state index in [4.69, 9.17) is 4.74 Å². The summed E-state index contributed by atoms with van der Waals surface area (Å²) in [4.78, 5) is 2.10. The second kappa shape index (κ2) is 3.59. The lowest BCUT2D eigenvalue weighted by Crippen LogP contribution is -2.30. The number of aliphatic hydroxyl groups excluding tert-OH is 1. The number of methoxy groups -OCH3 is 1. The molecule has 1 heterocycles. The first-order valence-corrected chi connectivity index (χ1v) is 4.74. The quantitative estimate of drug-likeness (QED) is 0.726. The van der Waals surface area contributed by atoms with Crippen molar-refractivity contribution in [2.24, 2.45) is 0 Å². The van der Waals surface area contributed by atoms with Crippen molar-refractivity contribution in [3.05, 3.63) is 29.3 Å². The molecule has 0 unspecified atom stereocenters. The normalized spacial score (nSPS) is 21.8. The first-order valence-electron chi connectivity index (χ1n) is 4.74. The number of hydrogen-bond donors (Lipinski definition) is 1. The summed E-state index contributed by atoms with van der Waals surface area (Å²) in [7, 11) is 3.66. The van der Waals surface area contributed by atoms with Crippen molar-refractivity contribution in [3.63, 3.8) is 0 Å². The van der Waals surface area contributed by atoms with E-state index in [1.807, 2.05) is 25.2 Å². The van der Waals surface area contributed by atoms with Gasteiger partial charge in [0.2, 0.25) is 0 Å². The highest BCUT2D eigenvalue weighted by Gasteiger charge is 2.21. The first kappa shape index (κ1) is 9.49. The zero-order valence-corrected chi connectivity index (χ0v) is 8.53. The number of rotatable bonds is 1. The van der Waals surface area contributed by atoms with Crippen LogP contribution in [0.3, 0.4) is 0 Å². The van der Waals surface area contributed by atoms with Crippen LogP contribution in [0.1, 0.15) is 17.2 Å². The average molecular weight is 193 g/mol. The van der Waals surface area contributed by atoms with Gasteiger partial charge in [-0.15, -0.1) is 0 Å². The summed E-state index contributed by atoms with van der Waals surface area (Å²) in [6.07, 6.45) is -0.366. The smallest absolute Gasteiger partial charge is 0.119 e. The number of hydrogen-bond acceptors (Lipinski definition) is 3. The van der Waals surface area contributed by atoms with Crippen LogP contribution in [0.2, 0.25) is 0 Å². The predicted molar refractivity (Wildman–Crippen MR) is 54.3 cm³/mol. The van der Waals surface area contributed by atoms with E-state index in [0.29, 0.717) is 6.54 Å². The molecule has 0 aliphatic carbocycles. The van der Waals surface area contributed by atoms with E-state index in [9.17, 15) is 5.11 Å². The SMILES string of the molecule is COc1ccc2c(c1)CN(C)C[C@@H]2O. The lowest BCUT2D eigenvalue weighted by molar-refractivity contribution is 0.108. The third-order valence-corrected chi connectivity index (χ3v) is 2.63. The highest BCUT2D eigenvalue weighted by atomic mass is 16.5. The zero-order valence-electron chi connectivity index (χ0n) is 8.53. The van der Waals surface area contributed by atoms with Crippen molar-refractivity contribution in [1.29, 1.82) is 0 Å². The van der Waals surface area contributed by atoms with Gasteiger partial charge >= 0.3 is 0 Å². The average Bonchev–Trinajstić information content (AvgIpc) is 2.16. The lowest BCUT2D eigenvalue weighted by atomic mass is 9.97. The molecular formula is C11H15NO2. The summed E-state index contributed by atoms with van der Waals surface area (Å²) < 4.78 is 5.15. The summed E-state index contributed by atoms with van der Waals surface area (Å²) in [6, 6.07) is 5.84. The van der Waals surface area contributed by atoms with E-state index in [1.165, 1.54) is 0 Å². The Morgan fingerprint density at radius 2 is 2.29 bits per heavy atom. The van der Waals surface area contributed by atoms with E-state index < -0.39 is 0 Å². The van der Waals surface area contributed by atoms with Gasteiger partial charge in [-0.2, -0.15) is 0 Å². The van der Waals surface area contributed by atoms with Crippen LogP contribution in [-0.2, 0) is 6.54 Å². The highest BCUT2D eigenvalue weighted by Crippen LogP contribution is 2.28. The maximum Gasteiger partial charge on any atom is 0.119 e. The van der Waals surface area contributed by atoms with Gasteiger partial charge in [-0.05, 0) is 30.3 Å². The van der Waals surface area contributed by atoms with Crippen LogP contribution >= 0.6 is 0 Å². The van der Waals surface area contributed by atoms with Crippen molar-refractivity contribution in [2.45, 2.75) is 12.6 Å². The van der Waals surface area contributed by atoms with Crippen molar-refractivity contribution in [2.75, 3.05) is 20.7 Å². The summed E-state index contributed by atoms with van der Waals surface area (Å²) in [5.41, 5.74) is 2.19. The Bertz CT molecular complexity index is 338. The second-order valence-corrected chi connectivity index (χ2v) is 3.78. The zero-order chi connectivity index (χ0) is 10.1. The summed E-state index contributed by atoms with van der Waals surface area (Å²) in [5, 5.41) is 9.81. The molecule has 76 valence electrons. The molecule has 14 heavy (non-hydrogen) atoms. The molecule has 3 heteroatoms. The molecule has 1 aromatic rings. The highest BCUT2D eigenvalue weighted by molar-refractivity contribution is 5.38. The van der Waals surface area contributed by atoms with Crippen LogP contribution in [-0.4, -0.2) is 30.7 Å². The summed E-state index contributed by atoms with van der Waals surface area (Å²) >= 11 is 0. The van der Waals surface area contributed by atoms with Crippen LogP contribution in [0.5, 0.6) is 5.75 Å². The molecule has 1 N–H and O–H groups in total. The predicted octanol–water partition coefficient (Wildman–Crippen LogP) is 1.17. The maximum atomic E-state index is 9.81. The van der Waals surface area contributed by atoms with Crippen LogP contribution in [0.15, 0.2) is 18.2 Å². The molecule has 0 fully saturated rings. The number of nitrogens with zero attached hydrogens (tertiary/aromatic N) is 1. The van der Waals surface area contributed by atoms with Crippen molar-refractivity contribution < 1.29 is 9.84 Å². The summed E-state index contributed by atoms with van der Waals surface area (Å²) in [6.45, 7) is 1.59. The molecule has 0 aromatic heterocycles. The Morgan fingerprint density at radius 3 is 3.00 bits per heavy atom. The molecule has 1 aliphatic heterocycles. The largest absolute Gasteiger partial charge is 0.497 e. The molecule has 0 radical (unpaired) electrons. The molecule has 1 aromatic carbocycles. The lowest BCUT2D eigenvalue weighted by Gasteiger charge is -2.29. The second-order valence-electron chi connectivity index (χ2n) is 3.78. The third-order valence-electron chi connectivity index (χ3n) is 2.63. The molecule has 3 nitrogen and oxygen atoms in total. The van der Waals surface area contributed by atoms with Crippen molar-refractivity contribution >= 4 is 0 Å². The van der Waals surface area contributed by atoms with Gasteiger partial charge in [0.1, 0.15) is 5.75 Å². The Labute approximate surface area is 83.9 Å². The van der Waals surface area contributed by atoms with Gasteiger partial charge in [0.25, 0.3) is 0 Å². The molecule has 1 aliphatic rings. The molecule has 0 amide bonds. The van der Waals surface area contributed by atoms with E-state index >= 15 is 0 Å². The molecule has 2 rings (SSSR count). The van der Waals surface area contributed by atoms with Crippen LogP contribution < -0.4 is 4.74 Å². The number of aliphatic hydroxyl groups is 1. The minimum absolute atomic E-state index is 0.366. The third kappa shape index (κ3) is 1.61. The fraction of sp³-hybridized carbons (Fsp3) is 0.455. The monoisotopic (exact) mass is 193 g/mol. The Morgan fingerprint density at radius 1 is 1.50 bits per heavy atom. The summed E-state index contributed by atoms with van der Waals surface area (Å²) in [5.74, 6) is 0.853. The molecule has 0 bridgehead atoms. The minimum Gasteiger partial charge on any atom is -0.497 e. The molecule has 0 saturated heterocycles. The number of ether oxygens (including phenoxy) is 1. The van der Waals surface area contributed by atoms with E-state index in [1.54, 1.807) is 7.11 Å². The van der Waals surface area contributed by atoms with E-state index in [0.717, 1.165) is 23.4 Å². The molecule has 0 saturated carbocycles. The standard InChI is InChI=1S/C11H15NO2/c1-12-6-8-5-9(14-2)3-4-10(8)11(13)7-12/h3-5,11,13H,6-7H2,1-2H3/t11-/m0/s1. The number of likely N-dealkylation sites (N-methyl/N-ethyl adjacent to an activating group) is 1. The van der Waals surface area contributed by atoms with Crippen LogP contribution in [0.25, 0.3) is 0 Å².